The van der Waals surface area contributed by atoms with Crippen LogP contribution in [0.2, 0.25) is 0 Å². The zero-order valence-corrected chi connectivity index (χ0v) is 7.17. The van der Waals surface area contributed by atoms with Gasteiger partial charge in [-0.25, -0.2) is 0 Å². The number of nitrogens with two attached hydrogens (primary N) is 1. The van der Waals surface area contributed by atoms with Gasteiger partial charge >= 0.3 is 0 Å². The van der Waals surface area contributed by atoms with Gasteiger partial charge in [0.1, 0.15) is 5.60 Å². The molecular formula is C9H14N2O. The standard InChI is InChI=1S/C9H14N2O/c1-6-2-7-3-11-4-8(7)9(6,12)5-10/h3-4,6,11-12H,2,5,10H2,1H3. The van der Waals surface area contributed by atoms with Crippen LogP contribution in [0.3, 0.4) is 0 Å². The highest BCUT2D eigenvalue weighted by atomic mass is 16.3. The molecule has 1 heterocycles. The Morgan fingerprint density at radius 3 is 3.17 bits per heavy atom. The van der Waals surface area contributed by atoms with Gasteiger partial charge in [0.25, 0.3) is 0 Å². The van der Waals surface area contributed by atoms with E-state index in [4.69, 9.17) is 5.73 Å². The van der Waals surface area contributed by atoms with Crippen LogP contribution >= 0.6 is 0 Å². The SMILES string of the molecule is CC1Cc2c[nH]cc2C1(O)CN. The Hall–Kier alpha value is -0.800. The Balaban J connectivity index is 2.48. The van der Waals surface area contributed by atoms with Crippen molar-refractivity contribution in [3.8, 4) is 0 Å². The van der Waals surface area contributed by atoms with E-state index in [1.807, 2.05) is 19.3 Å². The summed E-state index contributed by atoms with van der Waals surface area (Å²) in [4.78, 5) is 2.99. The smallest absolute Gasteiger partial charge is 0.106 e. The predicted molar refractivity (Wildman–Crippen MR) is 46.6 cm³/mol. The summed E-state index contributed by atoms with van der Waals surface area (Å²) in [6, 6.07) is 0. The second-order valence-corrected chi connectivity index (χ2v) is 3.63. The molecule has 0 amide bonds. The van der Waals surface area contributed by atoms with Crippen molar-refractivity contribution < 1.29 is 5.11 Å². The highest BCUT2D eigenvalue weighted by Gasteiger charge is 2.42. The molecule has 0 aromatic carbocycles. The van der Waals surface area contributed by atoms with Crippen molar-refractivity contribution in [3.05, 3.63) is 23.5 Å². The largest absolute Gasteiger partial charge is 0.383 e. The molecular weight excluding hydrogens is 152 g/mol. The zero-order chi connectivity index (χ0) is 8.77. The summed E-state index contributed by atoms with van der Waals surface area (Å²) in [5.41, 5.74) is 6.96. The van der Waals surface area contributed by atoms with Crippen LogP contribution in [-0.2, 0) is 12.0 Å². The number of aromatic amines is 1. The number of aliphatic hydroxyl groups is 1. The maximum Gasteiger partial charge on any atom is 0.106 e. The molecule has 0 saturated heterocycles. The van der Waals surface area contributed by atoms with Gasteiger partial charge in [0.05, 0.1) is 0 Å². The van der Waals surface area contributed by atoms with Crippen molar-refractivity contribution >= 4 is 0 Å². The van der Waals surface area contributed by atoms with Crippen molar-refractivity contribution in [2.75, 3.05) is 6.54 Å². The van der Waals surface area contributed by atoms with Crippen LogP contribution in [0.25, 0.3) is 0 Å². The minimum Gasteiger partial charge on any atom is -0.383 e. The first kappa shape index (κ1) is 7.83. The molecule has 0 bridgehead atoms. The van der Waals surface area contributed by atoms with E-state index < -0.39 is 5.60 Å². The molecule has 0 aliphatic heterocycles. The van der Waals surface area contributed by atoms with Gasteiger partial charge in [0.15, 0.2) is 0 Å². The predicted octanol–water partition coefficient (Wildman–Crippen LogP) is 0.353. The van der Waals surface area contributed by atoms with Gasteiger partial charge in [0.2, 0.25) is 0 Å². The second-order valence-electron chi connectivity index (χ2n) is 3.63. The van der Waals surface area contributed by atoms with Crippen LogP contribution in [0.15, 0.2) is 12.4 Å². The second kappa shape index (κ2) is 2.34. The number of hydrogen-bond acceptors (Lipinski definition) is 2. The maximum atomic E-state index is 10.2. The Labute approximate surface area is 71.6 Å². The lowest BCUT2D eigenvalue weighted by molar-refractivity contribution is 0.00474. The first-order valence-electron chi connectivity index (χ1n) is 4.27. The molecule has 2 atom stereocenters. The third-order valence-corrected chi connectivity index (χ3v) is 2.95. The van der Waals surface area contributed by atoms with Gasteiger partial charge in [-0.1, -0.05) is 6.92 Å². The Morgan fingerprint density at radius 2 is 2.50 bits per heavy atom. The van der Waals surface area contributed by atoms with E-state index in [-0.39, 0.29) is 5.92 Å². The normalized spacial score (nSPS) is 33.8. The molecule has 1 aromatic heterocycles. The molecule has 2 rings (SSSR count). The molecule has 3 heteroatoms. The molecule has 0 radical (unpaired) electrons. The number of aromatic nitrogens is 1. The minimum atomic E-state index is -0.796. The number of fused-ring (bicyclic) bond motifs is 1. The molecule has 0 fully saturated rings. The molecule has 1 aliphatic rings. The van der Waals surface area contributed by atoms with Gasteiger partial charge in [0, 0.05) is 24.5 Å². The van der Waals surface area contributed by atoms with Crippen molar-refractivity contribution in [2.24, 2.45) is 11.7 Å². The van der Waals surface area contributed by atoms with E-state index in [2.05, 4.69) is 4.98 Å². The van der Waals surface area contributed by atoms with Crippen LogP contribution in [0.4, 0.5) is 0 Å². The van der Waals surface area contributed by atoms with Crippen LogP contribution in [0.5, 0.6) is 0 Å². The van der Waals surface area contributed by atoms with Crippen LogP contribution < -0.4 is 5.73 Å². The fourth-order valence-electron chi connectivity index (χ4n) is 2.04. The number of rotatable bonds is 1. The van der Waals surface area contributed by atoms with Gasteiger partial charge in [-0.3, -0.25) is 0 Å². The first-order chi connectivity index (χ1) is 5.68. The molecule has 2 unspecified atom stereocenters. The molecule has 0 spiro atoms. The maximum absolute atomic E-state index is 10.2. The molecule has 66 valence electrons. The summed E-state index contributed by atoms with van der Waals surface area (Å²) < 4.78 is 0. The van der Waals surface area contributed by atoms with Crippen molar-refractivity contribution in [3.63, 3.8) is 0 Å². The van der Waals surface area contributed by atoms with Crippen molar-refractivity contribution in [2.45, 2.75) is 18.9 Å². The minimum absolute atomic E-state index is 0.238. The number of hydrogen-bond donors (Lipinski definition) is 3. The Morgan fingerprint density at radius 1 is 1.75 bits per heavy atom. The summed E-state index contributed by atoms with van der Waals surface area (Å²) in [6.45, 7) is 2.34. The number of H-pyrrole nitrogens is 1. The van der Waals surface area contributed by atoms with E-state index in [1.165, 1.54) is 5.56 Å². The third kappa shape index (κ3) is 0.778. The molecule has 12 heavy (non-hydrogen) atoms. The Kier molecular flexibility index (Phi) is 1.53. The fraction of sp³-hybridized carbons (Fsp3) is 0.556. The lowest BCUT2D eigenvalue weighted by atomic mass is 9.90. The van der Waals surface area contributed by atoms with Gasteiger partial charge in [-0.05, 0) is 17.9 Å². The molecule has 4 N–H and O–H groups in total. The van der Waals surface area contributed by atoms with Crippen molar-refractivity contribution in [1.29, 1.82) is 0 Å². The van der Waals surface area contributed by atoms with E-state index in [0.717, 1.165) is 12.0 Å². The first-order valence-corrected chi connectivity index (χ1v) is 4.27. The molecule has 3 nitrogen and oxygen atoms in total. The zero-order valence-electron chi connectivity index (χ0n) is 7.17. The van der Waals surface area contributed by atoms with E-state index >= 15 is 0 Å². The lowest BCUT2D eigenvalue weighted by Gasteiger charge is -2.26. The van der Waals surface area contributed by atoms with Gasteiger partial charge in [-0.15, -0.1) is 0 Å². The van der Waals surface area contributed by atoms with Crippen molar-refractivity contribution in [1.82, 2.24) is 4.98 Å². The monoisotopic (exact) mass is 166 g/mol. The average Bonchev–Trinajstić information content (AvgIpc) is 2.57. The molecule has 1 aliphatic carbocycles. The highest BCUT2D eigenvalue weighted by molar-refractivity contribution is 5.36. The summed E-state index contributed by atoms with van der Waals surface area (Å²) in [5, 5.41) is 10.2. The van der Waals surface area contributed by atoms with E-state index in [9.17, 15) is 5.11 Å². The molecule has 1 aromatic rings. The van der Waals surface area contributed by atoms with E-state index in [0.29, 0.717) is 6.54 Å². The number of nitrogens with one attached hydrogen (secondary N) is 1. The quantitative estimate of drug-likeness (QED) is 0.564. The van der Waals surface area contributed by atoms with Crippen LogP contribution in [0.1, 0.15) is 18.1 Å². The summed E-state index contributed by atoms with van der Waals surface area (Å²) in [7, 11) is 0. The van der Waals surface area contributed by atoms with Crippen LogP contribution in [-0.4, -0.2) is 16.6 Å². The summed E-state index contributed by atoms with van der Waals surface area (Å²) in [5.74, 6) is 0.238. The van der Waals surface area contributed by atoms with Gasteiger partial charge < -0.3 is 15.8 Å². The van der Waals surface area contributed by atoms with E-state index in [1.54, 1.807) is 0 Å². The summed E-state index contributed by atoms with van der Waals surface area (Å²) >= 11 is 0. The third-order valence-electron chi connectivity index (χ3n) is 2.95. The highest BCUT2D eigenvalue weighted by Crippen LogP contribution is 2.40. The summed E-state index contributed by atoms with van der Waals surface area (Å²) in [6.07, 6.45) is 4.72. The van der Waals surface area contributed by atoms with Crippen LogP contribution in [0, 0.1) is 5.92 Å². The fourth-order valence-corrected chi connectivity index (χ4v) is 2.04. The molecule has 0 saturated carbocycles. The van der Waals surface area contributed by atoms with Gasteiger partial charge in [-0.2, -0.15) is 0 Å². The Bertz CT molecular complexity index is 294. The topological polar surface area (TPSA) is 62.0 Å². The lowest BCUT2D eigenvalue weighted by Crippen LogP contribution is -2.37. The average molecular weight is 166 g/mol.